The first-order valence-electron chi connectivity index (χ1n) is 8.83. The topological polar surface area (TPSA) is 42.4 Å². The van der Waals surface area contributed by atoms with E-state index < -0.39 is 0 Å². The lowest BCUT2D eigenvalue weighted by Crippen LogP contribution is -2.34. The molecule has 0 spiro atoms. The predicted molar refractivity (Wildman–Crippen MR) is 97.8 cm³/mol. The molecule has 0 radical (unpaired) electrons. The number of rotatable bonds is 3. The minimum atomic E-state index is -0.278. The lowest BCUT2D eigenvalue weighted by Gasteiger charge is -2.34. The van der Waals surface area contributed by atoms with E-state index in [0.29, 0.717) is 12.2 Å². The van der Waals surface area contributed by atoms with Crippen LogP contribution in [0.1, 0.15) is 48.2 Å². The SMILES string of the molecule is CCOC(=O)c1cnc2c(C)cc(C)cc2c1N1CCC(C)CC1. The number of aryl methyl sites for hydroxylation is 2. The van der Waals surface area contributed by atoms with Crippen LogP contribution in [0.4, 0.5) is 5.69 Å². The Balaban J connectivity index is 2.19. The number of piperidine rings is 1. The number of esters is 1. The number of pyridine rings is 1. The average molecular weight is 326 g/mol. The lowest BCUT2D eigenvalue weighted by atomic mass is 9.96. The van der Waals surface area contributed by atoms with Gasteiger partial charge in [0.25, 0.3) is 0 Å². The Morgan fingerprint density at radius 3 is 2.67 bits per heavy atom. The predicted octanol–water partition coefficient (Wildman–Crippen LogP) is 4.26. The Hall–Kier alpha value is -2.10. The highest BCUT2D eigenvalue weighted by Gasteiger charge is 2.25. The van der Waals surface area contributed by atoms with Gasteiger partial charge in [-0.2, -0.15) is 0 Å². The number of anilines is 1. The largest absolute Gasteiger partial charge is 0.462 e. The molecule has 2 heterocycles. The quantitative estimate of drug-likeness (QED) is 0.790. The van der Waals surface area contributed by atoms with Gasteiger partial charge in [-0.3, -0.25) is 4.98 Å². The van der Waals surface area contributed by atoms with Crippen molar-refractivity contribution in [2.75, 3.05) is 24.6 Å². The number of aromatic nitrogens is 1. The summed E-state index contributed by atoms with van der Waals surface area (Å²) >= 11 is 0. The number of hydrogen-bond acceptors (Lipinski definition) is 4. The van der Waals surface area contributed by atoms with Crippen LogP contribution in [0, 0.1) is 19.8 Å². The van der Waals surface area contributed by atoms with Gasteiger partial charge < -0.3 is 9.64 Å². The van der Waals surface area contributed by atoms with Gasteiger partial charge in [0.15, 0.2) is 0 Å². The van der Waals surface area contributed by atoms with Gasteiger partial charge in [-0.05, 0) is 51.2 Å². The van der Waals surface area contributed by atoms with E-state index in [0.717, 1.165) is 54.0 Å². The van der Waals surface area contributed by atoms with Crippen LogP contribution in [0.15, 0.2) is 18.3 Å². The number of benzene rings is 1. The van der Waals surface area contributed by atoms with Gasteiger partial charge in [-0.25, -0.2) is 4.79 Å². The molecule has 0 bridgehead atoms. The minimum Gasteiger partial charge on any atom is -0.462 e. The third kappa shape index (κ3) is 3.10. The zero-order chi connectivity index (χ0) is 17.3. The number of ether oxygens (including phenoxy) is 1. The maximum absolute atomic E-state index is 12.5. The standard InChI is InChI=1S/C20H26N2O2/c1-5-24-20(23)17-12-21-18-15(4)10-14(3)11-16(18)19(17)22-8-6-13(2)7-9-22/h10-13H,5-9H2,1-4H3. The first-order valence-corrected chi connectivity index (χ1v) is 8.83. The number of nitrogens with zero attached hydrogens (tertiary/aromatic N) is 2. The molecular formula is C20H26N2O2. The highest BCUT2D eigenvalue weighted by molar-refractivity contribution is 6.06. The molecule has 4 nitrogen and oxygen atoms in total. The number of carbonyl (C=O) groups excluding carboxylic acids is 1. The molecule has 0 N–H and O–H groups in total. The maximum atomic E-state index is 12.5. The van der Waals surface area contributed by atoms with Crippen molar-refractivity contribution in [2.45, 2.75) is 40.5 Å². The van der Waals surface area contributed by atoms with E-state index in [1.165, 1.54) is 5.56 Å². The number of hydrogen-bond donors (Lipinski definition) is 0. The fraction of sp³-hybridized carbons (Fsp3) is 0.500. The van der Waals surface area contributed by atoms with Crippen LogP contribution in [-0.4, -0.2) is 30.6 Å². The Bertz CT molecular complexity index is 762. The van der Waals surface area contributed by atoms with Crippen LogP contribution in [0.25, 0.3) is 10.9 Å². The lowest BCUT2D eigenvalue weighted by molar-refractivity contribution is 0.0526. The molecule has 0 unspecified atom stereocenters. The van der Waals surface area contributed by atoms with Gasteiger partial charge >= 0.3 is 5.97 Å². The average Bonchev–Trinajstić information content (AvgIpc) is 2.55. The highest BCUT2D eigenvalue weighted by Crippen LogP contribution is 2.34. The Labute approximate surface area is 143 Å². The fourth-order valence-electron chi connectivity index (χ4n) is 3.58. The van der Waals surface area contributed by atoms with Crippen molar-refractivity contribution in [1.82, 2.24) is 4.98 Å². The monoisotopic (exact) mass is 326 g/mol. The maximum Gasteiger partial charge on any atom is 0.341 e. The molecule has 1 aliphatic rings. The van der Waals surface area contributed by atoms with Crippen LogP contribution in [0.2, 0.25) is 0 Å². The van der Waals surface area contributed by atoms with Gasteiger partial charge in [0, 0.05) is 24.7 Å². The third-order valence-corrected chi connectivity index (χ3v) is 4.87. The van der Waals surface area contributed by atoms with E-state index in [4.69, 9.17) is 4.74 Å². The summed E-state index contributed by atoms with van der Waals surface area (Å²) in [6.45, 7) is 10.6. The van der Waals surface area contributed by atoms with Crippen LogP contribution >= 0.6 is 0 Å². The summed E-state index contributed by atoms with van der Waals surface area (Å²) in [5, 5.41) is 1.06. The van der Waals surface area contributed by atoms with Crippen molar-refractivity contribution in [1.29, 1.82) is 0 Å². The second-order valence-electron chi connectivity index (χ2n) is 6.89. The Kier molecular flexibility index (Phi) is 4.74. The first kappa shape index (κ1) is 16.7. The van der Waals surface area contributed by atoms with Crippen molar-refractivity contribution in [3.05, 3.63) is 35.0 Å². The molecule has 24 heavy (non-hydrogen) atoms. The smallest absolute Gasteiger partial charge is 0.341 e. The molecule has 128 valence electrons. The molecule has 1 aliphatic heterocycles. The zero-order valence-corrected chi connectivity index (χ0v) is 15.1. The van der Waals surface area contributed by atoms with Gasteiger partial charge in [-0.1, -0.05) is 18.6 Å². The molecule has 0 atom stereocenters. The third-order valence-electron chi connectivity index (χ3n) is 4.87. The molecular weight excluding hydrogens is 300 g/mol. The van der Waals surface area contributed by atoms with Crippen molar-refractivity contribution in [3.8, 4) is 0 Å². The number of carbonyl (C=O) groups is 1. The van der Waals surface area contributed by atoms with E-state index in [-0.39, 0.29) is 5.97 Å². The molecule has 0 aliphatic carbocycles. The van der Waals surface area contributed by atoms with E-state index >= 15 is 0 Å². The molecule has 1 fully saturated rings. The Morgan fingerprint density at radius 2 is 2.00 bits per heavy atom. The summed E-state index contributed by atoms with van der Waals surface area (Å²) in [5.74, 6) is 0.462. The van der Waals surface area contributed by atoms with Gasteiger partial charge in [0.2, 0.25) is 0 Å². The van der Waals surface area contributed by atoms with Gasteiger partial charge in [0.1, 0.15) is 5.56 Å². The summed E-state index contributed by atoms with van der Waals surface area (Å²) in [6.07, 6.45) is 3.99. The molecule has 0 saturated carbocycles. The normalized spacial score (nSPS) is 15.8. The van der Waals surface area contributed by atoms with Crippen molar-refractivity contribution >= 4 is 22.6 Å². The van der Waals surface area contributed by atoms with Crippen LogP contribution in [0.5, 0.6) is 0 Å². The second kappa shape index (κ2) is 6.80. The second-order valence-corrected chi connectivity index (χ2v) is 6.89. The molecule has 0 amide bonds. The molecule has 1 aromatic heterocycles. The Morgan fingerprint density at radius 1 is 1.29 bits per heavy atom. The summed E-state index contributed by atoms with van der Waals surface area (Å²) in [6, 6.07) is 4.28. The van der Waals surface area contributed by atoms with Gasteiger partial charge in [0.05, 0.1) is 17.8 Å². The van der Waals surface area contributed by atoms with Crippen molar-refractivity contribution in [2.24, 2.45) is 5.92 Å². The molecule has 1 aromatic carbocycles. The van der Waals surface area contributed by atoms with E-state index in [9.17, 15) is 4.79 Å². The van der Waals surface area contributed by atoms with E-state index in [2.05, 4.69) is 42.8 Å². The van der Waals surface area contributed by atoms with Crippen LogP contribution in [0.3, 0.4) is 0 Å². The summed E-state index contributed by atoms with van der Waals surface area (Å²) in [4.78, 5) is 19.4. The summed E-state index contributed by atoms with van der Waals surface area (Å²) in [5.41, 5.74) is 4.89. The van der Waals surface area contributed by atoms with E-state index in [1.54, 1.807) is 6.20 Å². The minimum absolute atomic E-state index is 0.278. The van der Waals surface area contributed by atoms with Crippen molar-refractivity contribution < 1.29 is 9.53 Å². The van der Waals surface area contributed by atoms with Crippen LogP contribution < -0.4 is 4.90 Å². The van der Waals surface area contributed by atoms with Gasteiger partial charge in [-0.15, -0.1) is 0 Å². The summed E-state index contributed by atoms with van der Waals surface area (Å²) < 4.78 is 5.28. The number of fused-ring (bicyclic) bond motifs is 1. The molecule has 4 heteroatoms. The van der Waals surface area contributed by atoms with Crippen LogP contribution in [-0.2, 0) is 4.74 Å². The van der Waals surface area contributed by atoms with E-state index in [1.807, 2.05) is 6.92 Å². The molecule has 2 aromatic rings. The van der Waals surface area contributed by atoms with Crippen molar-refractivity contribution in [3.63, 3.8) is 0 Å². The molecule has 3 rings (SSSR count). The molecule has 1 saturated heterocycles. The zero-order valence-electron chi connectivity index (χ0n) is 15.1. The summed E-state index contributed by atoms with van der Waals surface area (Å²) in [7, 11) is 0. The highest BCUT2D eigenvalue weighted by atomic mass is 16.5. The first-order chi connectivity index (χ1) is 11.5. The fourth-order valence-corrected chi connectivity index (χ4v) is 3.58.